The molecule has 0 fully saturated rings. The SMILES string of the molecule is CC1(C)c2cc(N(c3ccc(C#N)cc3)c3ccc(C#N)cc3)ccc2-c2c1ccc1ccccc21. The van der Waals surface area contributed by atoms with E-state index in [-0.39, 0.29) is 5.41 Å². The van der Waals surface area contributed by atoms with Crippen molar-refractivity contribution in [3.63, 3.8) is 0 Å². The van der Waals surface area contributed by atoms with Crippen molar-refractivity contribution in [1.29, 1.82) is 10.5 Å². The first-order chi connectivity index (χ1) is 17.5. The van der Waals surface area contributed by atoms with E-state index in [4.69, 9.17) is 0 Å². The number of hydrogen-bond acceptors (Lipinski definition) is 3. The number of benzene rings is 5. The second-order valence-corrected chi connectivity index (χ2v) is 9.72. The molecule has 0 spiro atoms. The van der Waals surface area contributed by atoms with Gasteiger partial charge in [0.25, 0.3) is 0 Å². The van der Waals surface area contributed by atoms with Crippen molar-refractivity contribution in [1.82, 2.24) is 0 Å². The Hall–Kier alpha value is -4.86. The van der Waals surface area contributed by atoms with Gasteiger partial charge in [0.15, 0.2) is 0 Å². The summed E-state index contributed by atoms with van der Waals surface area (Å²) in [6, 6.07) is 39.4. The van der Waals surface area contributed by atoms with Crippen LogP contribution in [-0.4, -0.2) is 0 Å². The molecule has 0 amide bonds. The van der Waals surface area contributed by atoms with Crippen LogP contribution in [0.2, 0.25) is 0 Å². The van der Waals surface area contributed by atoms with Crippen LogP contribution >= 0.6 is 0 Å². The smallest absolute Gasteiger partial charge is 0.0991 e. The van der Waals surface area contributed by atoms with Crippen molar-refractivity contribution in [2.45, 2.75) is 19.3 Å². The highest BCUT2D eigenvalue weighted by Crippen LogP contribution is 2.52. The molecule has 0 heterocycles. The topological polar surface area (TPSA) is 50.8 Å². The fraction of sp³-hybridized carbons (Fsp3) is 0.0909. The lowest BCUT2D eigenvalue weighted by Crippen LogP contribution is -2.16. The van der Waals surface area contributed by atoms with E-state index in [1.165, 1.54) is 33.0 Å². The summed E-state index contributed by atoms with van der Waals surface area (Å²) >= 11 is 0. The fourth-order valence-electron chi connectivity index (χ4n) is 5.45. The van der Waals surface area contributed by atoms with Gasteiger partial charge in [-0.05, 0) is 93.7 Å². The third kappa shape index (κ3) is 3.26. The summed E-state index contributed by atoms with van der Waals surface area (Å²) in [4.78, 5) is 2.18. The molecule has 0 aliphatic heterocycles. The Labute approximate surface area is 211 Å². The molecule has 5 aromatic rings. The van der Waals surface area contributed by atoms with Gasteiger partial charge in [0.1, 0.15) is 0 Å². The maximum Gasteiger partial charge on any atom is 0.0991 e. The molecule has 1 aliphatic rings. The predicted molar refractivity (Wildman–Crippen MR) is 146 cm³/mol. The molecule has 3 nitrogen and oxygen atoms in total. The minimum atomic E-state index is -0.147. The Bertz CT molecular complexity index is 1660. The third-order valence-corrected chi connectivity index (χ3v) is 7.32. The highest BCUT2D eigenvalue weighted by atomic mass is 15.1. The van der Waals surface area contributed by atoms with E-state index >= 15 is 0 Å². The average Bonchev–Trinajstić information content (AvgIpc) is 3.16. The first kappa shape index (κ1) is 21.7. The molecule has 1 aliphatic carbocycles. The Kier molecular flexibility index (Phi) is 4.89. The Balaban J connectivity index is 1.55. The molecule has 0 aromatic heterocycles. The zero-order valence-corrected chi connectivity index (χ0v) is 20.2. The normalized spacial score (nSPS) is 12.9. The minimum Gasteiger partial charge on any atom is -0.310 e. The van der Waals surface area contributed by atoms with Gasteiger partial charge in [-0.15, -0.1) is 0 Å². The molecule has 0 unspecified atom stereocenters. The van der Waals surface area contributed by atoms with E-state index in [0.29, 0.717) is 11.1 Å². The lowest BCUT2D eigenvalue weighted by molar-refractivity contribution is 0.661. The quantitative estimate of drug-likeness (QED) is 0.271. The van der Waals surface area contributed by atoms with Crippen molar-refractivity contribution in [3.8, 4) is 23.3 Å². The number of rotatable bonds is 3. The molecule has 0 bridgehead atoms. The third-order valence-electron chi connectivity index (χ3n) is 7.32. The van der Waals surface area contributed by atoms with Gasteiger partial charge in [-0.25, -0.2) is 0 Å². The maximum atomic E-state index is 9.29. The van der Waals surface area contributed by atoms with E-state index in [1.807, 2.05) is 48.5 Å². The molecule has 0 radical (unpaired) electrons. The van der Waals surface area contributed by atoms with Crippen LogP contribution in [0.4, 0.5) is 17.1 Å². The predicted octanol–water partition coefficient (Wildman–Crippen LogP) is 8.36. The van der Waals surface area contributed by atoms with Gasteiger partial charge < -0.3 is 4.90 Å². The molecule has 0 saturated carbocycles. The van der Waals surface area contributed by atoms with Gasteiger partial charge in [0, 0.05) is 22.5 Å². The van der Waals surface area contributed by atoms with Gasteiger partial charge in [0.2, 0.25) is 0 Å². The summed E-state index contributed by atoms with van der Waals surface area (Å²) in [5, 5.41) is 21.1. The lowest BCUT2D eigenvalue weighted by Gasteiger charge is -2.28. The molecule has 5 aromatic carbocycles. The van der Waals surface area contributed by atoms with Gasteiger partial charge in [-0.3, -0.25) is 0 Å². The standard InChI is InChI=1S/C33H23N3/c1-33(2)30-18-11-24-5-3-4-6-28(24)32(30)29-17-16-27(19-31(29)33)36(25-12-7-22(20-34)8-13-25)26-14-9-23(21-35)10-15-26/h3-19H,1-2H3. The van der Waals surface area contributed by atoms with Crippen LogP contribution in [0.5, 0.6) is 0 Å². The Morgan fingerprint density at radius 1 is 0.611 bits per heavy atom. The average molecular weight is 462 g/mol. The van der Waals surface area contributed by atoms with E-state index in [0.717, 1.165) is 17.1 Å². The van der Waals surface area contributed by atoms with Crippen LogP contribution in [0.3, 0.4) is 0 Å². The Morgan fingerprint density at radius 2 is 1.19 bits per heavy atom. The highest BCUT2D eigenvalue weighted by molar-refractivity contribution is 6.03. The minimum absolute atomic E-state index is 0.147. The van der Waals surface area contributed by atoms with Crippen molar-refractivity contribution in [2.24, 2.45) is 0 Å². The largest absolute Gasteiger partial charge is 0.310 e. The van der Waals surface area contributed by atoms with E-state index in [9.17, 15) is 10.5 Å². The molecule has 3 heteroatoms. The molecule has 0 saturated heterocycles. The zero-order chi connectivity index (χ0) is 24.9. The monoisotopic (exact) mass is 461 g/mol. The molecule has 36 heavy (non-hydrogen) atoms. The summed E-state index contributed by atoms with van der Waals surface area (Å²) in [7, 11) is 0. The van der Waals surface area contributed by atoms with Gasteiger partial charge in [0.05, 0.1) is 23.3 Å². The van der Waals surface area contributed by atoms with Crippen LogP contribution in [0.1, 0.15) is 36.1 Å². The number of nitriles is 2. The van der Waals surface area contributed by atoms with Crippen LogP contribution in [0.25, 0.3) is 21.9 Å². The van der Waals surface area contributed by atoms with E-state index in [2.05, 4.69) is 85.5 Å². The second kappa shape index (κ2) is 8.12. The highest BCUT2D eigenvalue weighted by Gasteiger charge is 2.37. The van der Waals surface area contributed by atoms with Crippen molar-refractivity contribution in [3.05, 3.63) is 125 Å². The first-order valence-electron chi connectivity index (χ1n) is 12.0. The van der Waals surface area contributed by atoms with Gasteiger partial charge in [-0.1, -0.05) is 56.3 Å². The van der Waals surface area contributed by atoms with Crippen LogP contribution in [-0.2, 0) is 5.41 Å². The molecule has 6 rings (SSSR count). The molecule has 170 valence electrons. The molecular formula is C33H23N3. The van der Waals surface area contributed by atoms with Crippen LogP contribution in [0.15, 0.2) is 103 Å². The number of hydrogen-bond donors (Lipinski definition) is 0. The maximum absolute atomic E-state index is 9.29. The number of fused-ring (bicyclic) bond motifs is 5. The van der Waals surface area contributed by atoms with Crippen molar-refractivity contribution >= 4 is 27.8 Å². The molecule has 0 N–H and O–H groups in total. The summed E-state index contributed by atoms with van der Waals surface area (Å²) in [5.41, 5.74) is 9.27. The summed E-state index contributed by atoms with van der Waals surface area (Å²) in [5.74, 6) is 0. The molecule has 0 atom stereocenters. The van der Waals surface area contributed by atoms with Crippen molar-refractivity contribution in [2.75, 3.05) is 4.90 Å². The first-order valence-corrected chi connectivity index (χ1v) is 12.0. The zero-order valence-electron chi connectivity index (χ0n) is 20.2. The van der Waals surface area contributed by atoms with Gasteiger partial charge >= 0.3 is 0 Å². The fourth-order valence-corrected chi connectivity index (χ4v) is 5.45. The van der Waals surface area contributed by atoms with Crippen LogP contribution < -0.4 is 4.90 Å². The second-order valence-electron chi connectivity index (χ2n) is 9.72. The number of anilines is 3. The number of nitrogens with zero attached hydrogens (tertiary/aromatic N) is 3. The Morgan fingerprint density at radius 3 is 1.81 bits per heavy atom. The molecular weight excluding hydrogens is 438 g/mol. The van der Waals surface area contributed by atoms with Gasteiger partial charge in [-0.2, -0.15) is 10.5 Å². The van der Waals surface area contributed by atoms with E-state index < -0.39 is 0 Å². The van der Waals surface area contributed by atoms with Crippen LogP contribution in [0, 0.1) is 22.7 Å². The lowest BCUT2D eigenvalue weighted by atomic mass is 9.82. The summed E-state index contributed by atoms with van der Waals surface area (Å²) in [6.07, 6.45) is 0. The van der Waals surface area contributed by atoms with Crippen molar-refractivity contribution < 1.29 is 0 Å². The van der Waals surface area contributed by atoms with E-state index in [1.54, 1.807) is 0 Å². The summed E-state index contributed by atoms with van der Waals surface area (Å²) in [6.45, 7) is 4.59. The summed E-state index contributed by atoms with van der Waals surface area (Å²) < 4.78 is 0.